The summed E-state index contributed by atoms with van der Waals surface area (Å²) in [4.78, 5) is 1.41. The average Bonchev–Trinajstić information content (AvgIpc) is 3.28. The minimum atomic E-state index is -0.498. The highest BCUT2D eigenvalue weighted by Gasteiger charge is 2.32. The van der Waals surface area contributed by atoms with E-state index >= 15 is 0 Å². The fourth-order valence-corrected chi connectivity index (χ4v) is 4.64. The fourth-order valence-electron chi connectivity index (χ4n) is 4.64. The summed E-state index contributed by atoms with van der Waals surface area (Å²) in [5, 5.41) is 20.7. The molecule has 1 N–H and O–H groups in total. The number of halogens is 1. The number of phenols is 1. The van der Waals surface area contributed by atoms with Crippen LogP contribution < -0.4 is 0 Å². The van der Waals surface area contributed by atoms with E-state index in [1.807, 2.05) is 42.5 Å². The molecule has 0 radical (unpaired) electrons. The van der Waals surface area contributed by atoms with Crippen LogP contribution in [0.2, 0.25) is 0 Å². The van der Waals surface area contributed by atoms with Gasteiger partial charge < -0.3 is 5.11 Å². The van der Waals surface area contributed by atoms with E-state index in [0.29, 0.717) is 16.7 Å². The summed E-state index contributed by atoms with van der Waals surface area (Å²) in [6.07, 6.45) is 0. The van der Waals surface area contributed by atoms with Crippen molar-refractivity contribution in [1.82, 2.24) is 15.0 Å². The van der Waals surface area contributed by atoms with Gasteiger partial charge in [0.1, 0.15) is 28.3 Å². The summed E-state index contributed by atoms with van der Waals surface area (Å²) >= 11 is 0. The van der Waals surface area contributed by atoms with Gasteiger partial charge in [-0.25, -0.2) is 4.39 Å². The Kier molecular flexibility index (Phi) is 5.43. The van der Waals surface area contributed by atoms with E-state index in [1.54, 1.807) is 6.07 Å². The second kappa shape index (κ2) is 8.35. The van der Waals surface area contributed by atoms with Gasteiger partial charge in [-0.1, -0.05) is 94.4 Å². The Morgan fingerprint density at radius 2 is 1.23 bits per heavy atom. The number of hydrogen-bond acceptors (Lipinski definition) is 3. The molecule has 0 bridgehead atoms. The SMILES string of the molecule is CC(C)(c1ccccc1)c1cc(-n2nc3ccc(F)cc3n2)c(O)c(C(C)(C)c2ccccc2)c1. The summed E-state index contributed by atoms with van der Waals surface area (Å²) in [5.74, 6) is -0.272. The Bertz CT molecular complexity index is 1510. The highest BCUT2D eigenvalue weighted by molar-refractivity contribution is 5.74. The zero-order valence-corrected chi connectivity index (χ0v) is 20.3. The molecule has 0 aliphatic carbocycles. The second-order valence-electron chi connectivity index (χ2n) is 10.00. The van der Waals surface area contributed by atoms with Crippen LogP contribution in [0.15, 0.2) is 91.0 Å². The number of hydrogen-bond donors (Lipinski definition) is 1. The molecule has 5 aromatic rings. The van der Waals surface area contributed by atoms with Crippen LogP contribution in [0.1, 0.15) is 49.9 Å². The summed E-state index contributed by atoms with van der Waals surface area (Å²) < 4.78 is 13.8. The van der Waals surface area contributed by atoms with Crippen molar-refractivity contribution in [3.8, 4) is 11.4 Å². The van der Waals surface area contributed by atoms with Gasteiger partial charge in [0, 0.05) is 22.5 Å². The molecule has 35 heavy (non-hydrogen) atoms. The first-order valence-corrected chi connectivity index (χ1v) is 11.7. The predicted octanol–water partition coefficient (Wildman–Crippen LogP) is 6.92. The van der Waals surface area contributed by atoms with E-state index in [0.717, 1.165) is 22.3 Å². The van der Waals surface area contributed by atoms with Crippen LogP contribution in [-0.4, -0.2) is 20.1 Å². The third-order valence-electron chi connectivity index (χ3n) is 7.03. The van der Waals surface area contributed by atoms with Gasteiger partial charge in [-0.05, 0) is 34.9 Å². The lowest BCUT2D eigenvalue weighted by Gasteiger charge is -2.32. The van der Waals surface area contributed by atoms with E-state index in [4.69, 9.17) is 0 Å². The Balaban J connectivity index is 1.78. The largest absolute Gasteiger partial charge is 0.505 e. The number of aromatic nitrogens is 3. The van der Waals surface area contributed by atoms with Gasteiger partial charge in [0.15, 0.2) is 0 Å². The van der Waals surface area contributed by atoms with Crippen LogP contribution in [0.3, 0.4) is 0 Å². The monoisotopic (exact) mass is 465 g/mol. The quantitative estimate of drug-likeness (QED) is 0.307. The van der Waals surface area contributed by atoms with Gasteiger partial charge in [0.25, 0.3) is 0 Å². The maximum absolute atomic E-state index is 13.8. The number of phenolic OH excluding ortho intramolecular Hbond substituents is 1. The molecule has 5 heteroatoms. The summed E-state index contributed by atoms with van der Waals surface area (Å²) in [5.41, 5.74) is 4.62. The summed E-state index contributed by atoms with van der Waals surface area (Å²) in [6.45, 7) is 8.53. The van der Waals surface area contributed by atoms with Crippen molar-refractivity contribution >= 4 is 11.0 Å². The molecule has 1 heterocycles. The molecule has 0 amide bonds. The van der Waals surface area contributed by atoms with E-state index in [-0.39, 0.29) is 17.0 Å². The highest BCUT2D eigenvalue weighted by Crippen LogP contribution is 2.43. The Morgan fingerprint density at radius 1 is 0.657 bits per heavy atom. The van der Waals surface area contributed by atoms with Crippen molar-refractivity contribution in [2.75, 3.05) is 0 Å². The molecule has 0 atom stereocenters. The van der Waals surface area contributed by atoms with E-state index in [1.165, 1.54) is 16.9 Å². The molecule has 4 nitrogen and oxygen atoms in total. The molecule has 0 saturated heterocycles. The smallest absolute Gasteiger partial charge is 0.147 e. The van der Waals surface area contributed by atoms with Gasteiger partial charge in [-0.15, -0.1) is 15.0 Å². The maximum atomic E-state index is 13.8. The van der Waals surface area contributed by atoms with Gasteiger partial charge in [-0.3, -0.25) is 0 Å². The fraction of sp³-hybridized carbons (Fsp3) is 0.200. The average molecular weight is 466 g/mol. The third kappa shape index (κ3) is 3.97. The Labute approximate surface area is 204 Å². The maximum Gasteiger partial charge on any atom is 0.147 e. The van der Waals surface area contributed by atoms with E-state index in [9.17, 15) is 9.50 Å². The minimum absolute atomic E-state index is 0.104. The van der Waals surface area contributed by atoms with Crippen LogP contribution in [-0.2, 0) is 10.8 Å². The van der Waals surface area contributed by atoms with Crippen LogP contribution in [0.25, 0.3) is 16.7 Å². The van der Waals surface area contributed by atoms with Crippen molar-refractivity contribution in [1.29, 1.82) is 0 Å². The molecule has 0 unspecified atom stereocenters. The Hall–Kier alpha value is -3.99. The van der Waals surface area contributed by atoms with Crippen molar-refractivity contribution in [3.63, 3.8) is 0 Å². The molecular formula is C30H28FN3O. The zero-order valence-electron chi connectivity index (χ0n) is 20.3. The molecule has 0 spiro atoms. The number of benzene rings is 4. The normalized spacial score (nSPS) is 12.3. The Morgan fingerprint density at radius 3 is 1.86 bits per heavy atom. The number of nitrogens with zero attached hydrogens (tertiary/aromatic N) is 3. The molecule has 0 saturated carbocycles. The zero-order chi connectivity index (χ0) is 24.8. The second-order valence-corrected chi connectivity index (χ2v) is 10.00. The lowest BCUT2D eigenvalue weighted by Crippen LogP contribution is -2.24. The first-order valence-electron chi connectivity index (χ1n) is 11.7. The van der Waals surface area contributed by atoms with Crippen LogP contribution in [0.4, 0.5) is 4.39 Å². The number of rotatable bonds is 5. The molecule has 0 fully saturated rings. The molecule has 1 aromatic heterocycles. The van der Waals surface area contributed by atoms with Crippen molar-refractivity contribution in [2.45, 2.75) is 38.5 Å². The topological polar surface area (TPSA) is 50.9 Å². The first kappa shape index (κ1) is 22.8. The first-order chi connectivity index (χ1) is 16.7. The lowest BCUT2D eigenvalue weighted by atomic mass is 9.72. The summed E-state index contributed by atoms with van der Waals surface area (Å²) in [7, 11) is 0. The van der Waals surface area contributed by atoms with E-state index < -0.39 is 5.41 Å². The van der Waals surface area contributed by atoms with E-state index in [2.05, 4.69) is 68.2 Å². The van der Waals surface area contributed by atoms with Gasteiger partial charge >= 0.3 is 0 Å². The lowest BCUT2D eigenvalue weighted by molar-refractivity contribution is 0.445. The van der Waals surface area contributed by atoms with Crippen LogP contribution >= 0.6 is 0 Å². The van der Waals surface area contributed by atoms with Gasteiger partial charge in [0.05, 0.1) is 0 Å². The molecule has 0 aliphatic heterocycles. The number of fused-ring (bicyclic) bond motifs is 1. The van der Waals surface area contributed by atoms with Crippen LogP contribution in [0, 0.1) is 5.82 Å². The number of aromatic hydroxyl groups is 1. The third-order valence-corrected chi connectivity index (χ3v) is 7.03. The molecular weight excluding hydrogens is 437 g/mol. The molecule has 0 aliphatic rings. The van der Waals surface area contributed by atoms with Crippen molar-refractivity contribution in [2.24, 2.45) is 0 Å². The molecule has 4 aromatic carbocycles. The minimum Gasteiger partial charge on any atom is -0.505 e. The summed E-state index contributed by atoms with van der Waals surface area (Å²) in [6, 6.07) is 28.7. The van der Waals surface area contributed by atoms with Gasteiger partial charge in [0.2, 0.25) is 0 Å². The predicted molar refractivity (Wildman–Crippen MR) is 138 cm³/mol. The highest BCUT2D eigenvalue weighted by atomic mass is 19.1. The van der Waals surface area contributed by atoms with Crippen molar-refractivity contribution < 1.29 is 9.50 Å². The van der Waals surface area contributed by atoms with Crippen molar-refractivity contribution in [3.05, 3.63) is 119 Å². The van der Waals surface area contributed by atoms with Crippen LogP contribution in [0.5, 0.6) is 5.75 Å². The molecule has 5 rings (SSSR count). The van der Waals surface area contributed by atoms with Gasteiger partial charge in [-0.2, -0.15) is 0 Å². The molecule has 176 valence electrons. The standard InChI is InChI=1S/C30H28FN3O/c1-29(2,20-11-7-5-8-12-20)22-17-24(30(3,4)21-13-9-6-10-14-21)28(35)27(18-22)34-32-25-16-15-23(31)19-26(25)33-34/h5-19,35H,1-4H3.